The minimum atomic E-state index is -0.912. The number of anilines is 2. The quantitative estimate of drug-likeness (QED) is 0.792. The Morgan fingerprint density at radius 2 is 1.77 bits per heavy atom. The van der Waals surface area contributed by atoms with Gasteiger partial charge in [0.2, 0.25) is 0 Å². The topological polar surface area (TPSA) is 36.5 Å². The first-order chi connectivity index (χ1) is 12.5. The van der Waals surface area contributed by atoms with Crippen LogP contribution in [0.5, 0.6) is 0 Å². The highest BCUT2D eigenvalue weighted by molar-refractivity contribution is 7.80. The van der Waals surface area contributed by atoms with Crippen LogP contribution in [0.25, 0.3) is 0 Å². The zero-order chi connectivity index (χ0) is 18.5. The monoisotopic (exact) mass is 377 g/mol. The molecule has 2 N–H and O–H groups in total. The molecule has 2 aromatic rings. The standard InChI is InChI=1S/C19H21F2N3OS/c1-13(22-19(26)23-15-4-7-17(20)18(21)12-15)14-2-5-16(6-3-14)24-8-10-25-11-9-24/h2-7,12-13H,8-11H2,1H3,(H2,22,23,26)/t13-/m1/s1. The van der Waals surface area contributed by atoms with Gasteiger partial charge in [-0.25, -0.2) is 8.78 Å². The molecule has 3 rings (SSSR count). The second-order valence-electron chi connectivity index (χ2n) is 6.14. The number of thiocarbonyl (C=S) groups is 1. The number of morpholine rings is 1. The van der Waals surface area contributed by atoms with Crippen LogP contribution in [-0.4, -0.2) is 31.4 Å². The van der Waals surface area contributed by atoms with Gasteiger partial charge in [0.05, 0.1) is 19.3 Å². The van der Waals surface area contributed by atoms with E-state index in [4.69, 9.17) is 17.0 Å². The summed E-state index contributed by atoms with van der Waals surface area (Å²) in [6.07, 6.45) is 0. The summed E-state index contributed by atoms with van der Waals surface area (Å²) in [5, 5.41) is 6.36. The Balaban J connectivity index is 1.57. The van der Waals surface area contributed by atoms with Crippen molar-refractivity contribution in [2.45, 2.75) is 13.0 Å². The van der Waals surface area contributed by atoms with Gasteiger partial charge in [0.15, 0.2) is 16.7 Å². The summed E-state index contributed by atoms with van der Waals surface area (Å²) in [7, 11) is 0. The molecule has 26 heavy (non-hydrogen) atoms. The number of hydrogen-bond acceptors (Lipinski definition) is 3. The Kier molecular flexibility index (Phi) is 6.00. The molecule has 0 saturated carbocycles. The molecule has 1 aliphatic rings. The molecule has 1 heterocycles. The number of hydrogen-bond donors (Lipinski definition) is 2. The van der Waals surface area contributed by atoms with E-state index in [1.54, 1.807) is 0 Å². The van der Waals surface area contributed by atoms with E-state index >= 15 is 0 Å². The smallest absolute Gasteiger partial charge is 0.171 e. The van der Waals surface area contributed by atoms with Gasteiger partial charge in [-0.2, -0.15) is 0 Å². The van der Waals surface area contributed by atoms with E-state index in [0.29, 0.717) is 10.8 Å². The summed E-state index contributed by atoms with van der Waals surface area (Å²) in [6, 6.07) is 11.8. The van der Waals surface area contributed by atoms with Crippen LogP contribution >= 0.6 is 12.2 Å². The summed E-state index contributed by atoms with van der Waals surface area (Å²) in [5.41, 5.74) is 2.65. The molecule has 7 heteroatoms. The Bertz CT molecular complexity index is 764. The molecule has 0 spiro atoms. The minimum Gasteiger partial charge on any atom is -0.378 e. The van der Waals surface area contributed by atoms with Crippen LogP contribution in [-0.2, 0) is 4.74 Å². The molecule has 0 amide bonds. The lowest BCUT2D eigenvalue weighted by molar-refractivity contribution is 0.122. The lowest BCUT2D eigenvalue weighted by Gasteiger charge is -2.29. The van der Waals surface area contributed by atoms with Gasteiger partial charge in [0.1, 0.15) is 0 Å². The second kappa shape index (κ2) is 8.42. The molecule has 1 atom stereocenters. The highest BCUT2D eigenvalue weighted by Crippen LogP contribution is 2.20. The highest BCUT2D eigenvalue weighted by Gasteiger charge is 2.13. The third-order valence-corrected chi connectivity index (χ3v) is 4.51. The van der Waals surface area contributed by atoms with Crippen molar-refractivity contribution < 1.29 is 13.5 Å². The van der Waals surface area contributed by atoms with Crippen molar-refractivity contribution >= 4 is 28.7 Å². The van der Waals surface area contributed by atoms with Crippen molar-refractivity contribution in [3.8, 4) is 0 Å². The van der Waals surface area contributed by atoms with Crippen molar-refractivity contribution in [2.75, 3.05) is 36.5 Å². The van der Waals surface area contributed by atoms with Crippen LogP contribution in [0, 0.1) is 11.6 Å². The number of nitrogens with one attached hydrogen (secondary N) is 2. The van der Waals surface area contributed by atoms with Gasteiger partial charge in [0.25, 0.3) is 0 Å². The predicted molar refractivity (Wildman–Crippen MR) is 104 cm³/mol. The van der Waals surface area contributed by atoms with E-state index in [9.17, 15) is 8.78 Å². The molecule has 1 fully saturated rings. The number of benzene rings is 2. The zero-order valence-electron chi connectivity index (χ0n) is 14.5. The van der Waals surface area contributed by atoms with E-state index in [1.807, 2.05) is 6.92 Å². The molecule has 0 bridgehead atoms. The molecule has 138 valence electrons. The number of halogens is 2. The molecule has 2 aromatic carbocycles. The van der Waals surface area contributed by atoms with E-state index in [1.165, 1.54) is 11.8 Å². The first-order valence-corrected chi connectivity index (χ1v) is 8.89. The second-order valence-corrected chi connectivity index (χ2v) is 6.55. The lowest BCUT2D eigenvalue weighted by Crippen LogP contribution is -2.36. The SMILES string of the molecule is C[C@@H](NC(=S)Nc1ccc(F)c(F)c1)c1ccc(N2CCOCC2)cc1. The van der Waals surface area contributed by atoms with Crippen LogP contribution < -0.4 is 15.5 Å². The Morgan fingerprint density at radius 1 is 1.08 bits per heavy atom. The van der Waals surface area contributed by atoms with E-state index in [-0.39, 0.29) is 6.04 Å². The van der Waals surface area contributed by atoms with Gasteiger partial charge in [-0.15, -0.1) is 0 Å². The van der Waals surface area contributed by atoms with Gasteiger partial charge in [0, 0.05) is 30.5 Å². The minimum absolute atomic E-state index is 0.0287. The van der Waals surface area contributed by atoms with E-state index < -0.39 is 11.6 Å². The Labute approximate surface area is 157 Å². The lowest BCUT2D eigenvalue weighted by atomic mass is 10.1. The largest absolute Gasteiger partial charge is 0.378 e. The fourth-order valence-electron chi connectivity index (χ4n) is 2.82. The molecule has 0 aromatic heterocycles. The maximum Gasteiger partial charge on any atom is 0.171 e. The van der Waals surface area contributed by atoms with Crippen molar-refractivity contribution in [2.24, 2.45) is 0 Å². The third-order valence-electron chi connectivity index (χ3n) is 4.29. The van der Waals surface area contributed by atoms with Gasteiger partial charge >= 0.3 is 0 Å². The number of nitrogens with zero attached hydrogens (tertiary/aromatic N) is 1. The fourth-order valence-corrected chi connectivity index (χ4v) is 3.11. The van der Waals surface area contributed by atoms with Crippen LogP contribution in [0.15, 0.2) is 42.5 Å². The van der Waals surface area contributed by atoms with Gasteiger partial charge in [-0.1, -0.05) is 12.1 Å². The maximum absolute atomic E-state index is 13.3. The molecular formula is C19H21F2N3OS. The Morgan fingerprint density at radius 3 is 2.42 bits per heavy atom. The first-order valence-electron chi connectivity index (χ1n) is 8.48. The molecule has 4 nitrogen and oxygen atoms in total. The van der Waals surface area contributed by atoms with Crippen molar-refractivity contribution in [3.63, 3.8) is 0 Å². The zero-order valence-corrected chi connectivity index (χ0v) is 15.3. The third kappa shape index (κ3) is 4.68. The molecular weight excluding hydrogens is 356 g/mol. The maximum atomic E-state index is 13.3. The van der Waals surface area contributed by atoms with Crippen LogP contribution in [0.2, 0.25) is 0 Å². The number of rotatable bonds is 4. The summed E-state index contributed by atoms with van der Waals surface area (Å²) in [6.45, 7) is 5.29. The normalized spacial score (nSPS) is 15.4. The molecule has 0 aliphatic carbocycles. The molecule has 0 unspecified atom stereocenters. The fraction of sp³-hybridized carbons (Fsp3) is 0.316. The average molecular weight is 377 g/mol. The average Bonchev–Trinajstić information content (AvgIpc) is 2.65. The van der Waals surface area contributed by atoms with Crippen LogP contribution in [0.4, 0.5) is 20.2 Å². The van der Waals surface area contributed by atoms with Crippen LogP contribution in [0.3, 0.4) is 0 Å². The predicted octanol–water partition coefficient (Wildman–Crippen LogP) is 3.85. The van der Waals surface area contributed by atoms with E-state index in [0.717, 1.165) is 44.0 Å². The van der Waals surface area contributed by atoms with Crippen molar-refractivity contribution in [1.82, 2.24) is 5.32 Å². The Hall–Kier alpha value is -2.25. The first kappa shape index (κ1) is 18.5. The summed E-state index contributed by atoms with van der Waals surface area (Å²) < 4.78 is 31.6. The van der Waals surface area contributed by atoms with Crippen LogP contribution in [0.1, 0.15) is 18.5 Å². The number of ether oxygens (including phenoxy) is 1. The summed E-state index contributed by atoms with van der Waals surface area (Å²) >= 11 is 5.26. The van der Waals surface area contributed by atoms with Gasteiger partial charge in [-0.3, -0.25) is 0 Å². The van der Waals surface area contributed by atoms with Crippen molar-refractivity contribution in [3.05, 3.63) is 59.7 Å². The molecule has 1 saturated heterocycles. The van der Waals surface area contributed by atoms with Gasteiger partial charge < -0.3 is 20.3 Å². The van der Waals surface area contributed by atoms with E-state index in [2.05, 4.69) is 39.8 Å². The van der Waals surface area contributed by atoms with Gasteiger partial charge in [-0.05, 0) is 49.0 Å². The van der Waals surface area contributed by atoms with Crippen molar-refractivity contribution in [1.29, 1.82) is 0 Å². The molecule has 0 radical (unpaired) electrons. The highest BCUT2D eigenvalue weighted by atomic mass is 32.1. The summed E-state index contributed by atoms with van der Waals surface area (Å²) in [4.78, 5) is 2.29. The molecule has 1 aliphatic heterocycles. The summed E-state index contributed by atoms with van der Waals surface area (Å²) in [5.74, 6) is -1.80.